The Bertz CT molecular complexity index is 588. The van der Waals surface area contributed by atoms with E-state index in [1.165, 1.54) is 0 Å². The highest BCUT2D eigenvalue weighted by Gasteiger charge is 2.37. The van der Waals surface area contributed by atoms with Crippen molar-refractivity contribution < 1.29 is 4.52 Å². The van der Waals surface area contributed by atoms with E-state index < -0.39 is 0 Å². The summed E-state index contributed by atoms with van der Waals surface area (Å²) in [5.41, 5.74) is 1.14. The Hall–Kier alpha value is -1.39. The molecule has 1 unspecified atom stereocenters. The number of nitrogens with one attached hydrogen (secondary N) is 1. The van der Waals surface area contributed by atoms with Crippen LogP contribution in [0.4, 0.5) is 0 Å². The van der Waals surface area contributed by atoms with E-state index in [0.717, 1.165) is 54.7 Å². The fourth-order valence-electron chi connectivity index (χ4n) is 2.93. The number of benzene rings is 1. The normalized spacial score (nSPS) is 22.4. The van der Waals surface area contributed by atoms with Gasteiger partial charge in [-0.1, -0.05) is 35.8 Å². The minimum atomic E-state index is 0.00347. The summed E-state index contributed by atoms with van der Waals surface area (Å²) in [7, 11) is 0. The Morgan fingerprint density at radius 2 is 2.14 bits per heavy atom. The van der Waals surface area contributed by atoms with Gasteiger partial charge >= 0.3 is 0 Å². The SMILES string of the molecule is CCC1(c2nc(Cc3ccc(Cl)cc3)no2)CCCNC1. The van der Waals surface area contributed by atoms with Crippen molar-refractivity contribution >= 4 is 11.6 Å². The van der Waals surface area contributed by atoms with Crippen LogP contribution in [0, 0.1) is 0 Å². The van der Waals surface area contributed by atoms with Crippen molar-refractivity contribution in [3.8, 4) is 0 Å². The maximum Gasteiger partial charge on any atom is 0.234 e. The van der Waals surface area contributed by atoms with Gasteiger partial charge in [-0.2, -0.15) is 4.98 Å². The zero-order valence-electron chi connectivity index (χ0n) is 12.2. The molecular weight excluding hydrogens is 286 g/mol. The maximum absolute atomic E-state index is 5.90. The monoisotopic (exact) mass is 305 g/mol. The summed E-state index contributed by atoms with van der Waals surface area (Å²) in [6.07, 6.45) is 3.96. The fraction of sp³-hybridized carbons (Fsp3) is 0.500. The van der Waals surface area contributed by atoms with Crippen LogP contribution in [0.1, 0.15) is 43.5 Å². The average Bonchev–Trinajstić information content (AvgIpc) is 2.99. The van der Waals surface area contributed by atoms with Crippen LogP contribution in [-0.4, -0.2) is 23.2 Å². The Morgan fingerprint density at radius 3 is 2.81 bits per heavy atom. The van der Waals surface area contributed by atoms with Crippen LogP contribution in [0.3, 0.4) is 0 Å². The molecule has 1 atom stereocenters. The molecule has 0 spiro atoms. The smallest absolute Gasteiger partial charge is 0.234 e. The molecule has 4 nitrogen and oxygen atoms in total. The van der Waals surface area contributed by atoms with Crippen LogP contribution in [0.15, 0.2) is 28.8 Å². The average molecular weight is 306 g/mol. The van der Waals surface area contributed by atoms with E-state index in [9.17, 15) is 0 Å². The van der Waals surface area contributed by atoms with Gasteiger partial charge in [-0.3, -0.25) is 0 Å². The summed E-state index contributed by atoms with van der Waals surface area (Å²) in [5, 5.41) is 8.34. The minimum Gasteiger partial charge on any atom is -0.339 e. The van der Waals surface area contributed by atoms with Gasteiger partial charge in [-0.05, 0) is 43.5 Å². The van der Waals surface area contributed by atoms with Gasteiger partial charge < -0.3 is 9.84 Å². The molecule has 21 heavy (non-hydrogen) atoms. The molecule has 1 N–H and O–H groups in total. The predicted molar refractivity (Wildman–Crippen MR) is 82.6 cm³/mol. The molecule has 0 bridgehead atoms. The third-order valence-electron chi connectivity index (χ3n) is 4.35. The van der Waals surface area contributed by atoms with Crippen LogP contribution in [-0.2, 0) is 11.8 Å². The number of piperidine rings is 1. The highest BCUT2D eigenvalue weighted by molar-refractivity contribution is 6.30. The molecule has 3 rings (SSSR count). The largest absolute Gasteiger partial charge is 0.339 e. The summed E-state index contributed by atoms with van der Waals surface area (Å²) in [6.45, 7) is 4.19. The maximum atomic E-state index is 5.90. The highest BCUT2D eigenvalue weighted by atomic mass is 35.5. The molecule has 112 valence electrons. The summed E-state index contributed by atoms with van der Waals surface area (Å²) < 4.78 is 5.57. The van der Waals surface area contributed by atoms with Crippen molar-refractivity contribution in [2.45, 2.75) is 38.0 Å². The lowest BCUT2D eigenvalue weighted by Crippen LogP contribution is -2.43. The Balaban J connectivity index is 1.77. The standard InChI is InChI=1S/C16H20ClN3O/c1-2-16(8-3-9-18-11-16)15-19-14(20-21-15)10-12-4-6-13(17)7-5-12/h4-7,18H,2-3,8-11H2,1H3. The fourth-order valence-corrected chi connectivity index (χ4v) is 3.06. The van der Waals surface area contributed by atoms with Gasteiger partial charge in [0.2, 0.25) is 5.89 Å². The molecule has 1 saturated heterocycles. The Kier molecular flexibility index (Phi) is 4.27. The predicted octanol–water partition coefficient (Wildman–Crippen LogP) is 3.35. The molecule has 2 heterocycles. The molecule has 1 aliphatic heterocycles. The molecule has 1 aromatic heterocycles. The summed E-state index contributed by atoms with van der Waals surface area (Å²) in [4.78, 5) is 4.64. The Labute approximate surface area is 129 Å². The second kappa shape index (κ2) is 6.16. The first kappa shape index (κ1) is 14.5. The first-order valence-electron chi connectivity index (χ1n) is 7.50. The van der Waals surface area contributed by atoms with E-state index in [1.54, 1.807) is 0 Å². The van der Waals surface area contributed by atoms with Crippen molar-refractivity contribution in [2.24, 2.45) is 0 Å². The van der Waals surface area contributed by atoms with Crippen LogP contribution >= 0.6 is 11.6 Å². The van der Waals surface area contributed by atoms with Crippen LogP contribution < -0.4 is 5.32 Å². The molecule has 2 aromatic rings. The van der Waals surface area contributed by atoms with Crippen LogP contribution in [0.2, 0.25) is 5.02 Å². The number of hydrogen-bond acceptors (Lipinski definition) is 4. The van der Waals surface area contributed by atoms with Crippen molar-refractivity contribution in [2.75, 3.05) is 13.1 Å². The summed E-state index contributed by atoms with van der Waals surface area (Å²) >= 11 is 5.90. The minimum absolute atomic E-state index is 0.00347. The number of halogens is 1. The van der Waals surface area contributed by atoms with Gasteiger partial charge in [0.15, 0.2) is 5.82 Å². The third-order valence-corrected chi connectivity index (χ3v) is 4.60. The van der Waals surface area contributed by atoms with E-state index in [0.29, 0.717) is 6.42 Å². The first-order chi connectivity index (χ1) is 10.2. The molecule has 1 aromatic carbocycles. The molecule has 0 saturated carbocycles. The second-order valence-corrected chi connectivity index (χ2v) is 6.17. The molecule has 5 heteroatoms. The second-order valence-electron chi connectivity index (χ2n) is 5.73. The topological polar surface area (TPSA) is 51.0 Å². The van der Waals surface area contributed by atoms with E-state index in [4.69, 9.17) is 16.1 Å². The van der Waals surface area contributed by atoms with E-state index in [1.807, 2.05) is 24.3 Å². The van der Waals surface area contributed by atoms with Crippen molar-refractivity contribution in [1.82, 2.24) is 15.5 Å². The number of aromatic nitrogens is 2. The first-order valence-corrected chi connectivity index (χ1v) is 7.88. The zero-order chi connectivity index (χ0) is 14.7. The highest BCUT2D eigenvalue weighted by Crippen LogP contribution is 2.33. The number of nitrogens with zero attached hydrogens (tertiary/aromatic N) is 2. The van der Waals surface area contributed by atoms with E-state index in [-0.39, 0.29) is 5.41 Å². The van der Waals surface area contributed by atoms with Gasteiger partial charge in [0.25, 0.3) is 0 Å². The molecular formula is C16H20ClN3O. The molecule has 0 amide bonds. The summed E-state index contributed by atoms with van der Waals surface area (Å²) in [6, 6.07) is 7.76. The lowest BCUT2D eigenvalue weighted by Gasteiger charge is -2.33. The van der Waals surface area contributed by atoms with E-state index >= 15 is 0 Å². The molecule has 1 fully saturated rings. The van der Waals surface area contributed by atoms with Gasteiger partial charge in [0.1, 0.15) is 0 Å². The number of rotatable bonds is 4. The van der Waals surface area contributed by atoms with Crippen molar-refractivity contribution in [3.05, 3.63) is 46.6 Å². The zero-order valence-corrected chi connectivity index (χ0v) is 13.0. The van der Waals surface area contributed by atoms with Gasteiger partial charge in [-0.15, -0.1) is 0 Å². The molecule has 1 aliphatic rings. The summed E-state index contributed by atoms with van der Waals surface area (Å²) in [5.74, 6) is 1.52. The Morgan fingerprint density at radius 1 is 1.33 bits per heavy atom. The van der Waals surface area contributed by atoms with E-state index in [2.05, 4.69) is 22.4 Å². The van der Waals surface area contributed by atoms with Crippen LogP contribution in [0.25, 0.3) is 0 Å². The number of hydrogen-bond donors (Lipinski definition) is 1. The van der Waals surface area contributed by atoms with Gasteiger partial charge in [-0.25, -0.2) is 0 Å². The van der Waals surface area contributed by atoms with Gasteiger partial charge in [0.05, 0.1) is 5.41 Å². The van der Waals surface area contributed by atoms with Crippen molar-refractivity contribution in [1.29, 1.82) is 0 Å². The lowest BCUT2D eigenvalue weighted by molar-refractivity contribution is 0.220. The quantitative estimate of drug-likeness (QED) is 0.941. The lowest BCUT2D eigenvalue weighted by atomic mass is 9.78. The third kappa shape index (κ3) is 3.11. The van der Waals surface area contributed by atoms with Crippen molar-refractivity contribution in [3.63, 3.8) is 0 Å². The van der Waals surface area contributed by atoms with Crippen LogP contribution in [0.5, 0.6) is 0 Å². The molecule has 0 radical (unpaired) electrons. The van der Waals surface area contributed by atoms with Gasteiger partial charge in [0, 0.05) is 18.0 Å². The molecule has 0 aliphatic carbocycles.